The van der Waals surface area contributed by atoms with E-state index in [2.05, 4.69) is 28.2 Å². The van der Waals surface area contributed by atoms with Gasteiger partial charge in [0.1, 0.15) is 5.00 Å². The van der Waals surface area contributed by atoms with E-state index in [0.717, 1.165) is 35.7 Å². The minimum absolute atomic E-state index is 0.232. The first-order valence-electron chi connectivity index (χ1n) is 8.00. The Morgan fingerprint density at radius 3 is 2.88 bits per heavy atom. The third kappa shape index (κ3) is 3.39. The Morgan fingerprint density at radius 2 is 2.21 bits per heavy atom. The van der Waals surface area contributed by atoms with Gasteiger partial charge in [0.05, 0.1) is 5.56 Å². The summed E-state index contributed by atoms with van der Waals surface area (Å²) in [5.74, 6) is -0.0538. The maximum absolute atomic E-state index is 12.5. The summed E-state index contributed by atoms with van der Waals surface area (Å²) in [6.45, 7) is 2.19. The first-order chi connectivity index (χ1) is 11.5. The summed E-state index contributed by atoms with van der Waals surface area (Å²) < 4.78 is 0.835. The Kier molecular flexibility index (Phi) is 5.06. The molecular formula is C18H19BrN2O2S. The van der Waals surface area contributed by atoms with Gasteiger partial charge in [-0.2, -0.15) is 0 Å². The highest BCUT2D eigenvalue weighted by molar-refractivity contribution is 9.10. The fourth-order valence-electron chi connectivity index (χ4n) is 3.16. The van der Waals surface area contributed by atoms with Crippen LogP contribution < -0.4 is 11.1 Å². The lowest BCUT2D eigenvalue weighted by Gasteiger charge is -2.20. The molecule has 1 atom stereocenters. The van der Waals surface area contributed by atoms with Gasteiger partial charge in [0.2, 0.25) is 0 Å². The normalized spacial score (nSPS) is 16.5. The van der Waals surface area contributed by atoms with Crippen LogP contribution in [0.2, 0.25) is 0 Å². The summed E-state index contributed by atoms with van der Waals surface area (Å²) in [6.07, 6.45) is 4.02. The molecule has 4 nitrogen and oxygen atoms in total. The number of carbonyl (C=O) groups is 2. The number of benzene rings is 1. The summed E-state index contributed by atoms with van der Waals surface area (Å²) in [6, 6.07) is 7.16. The van der Waals surface area contributed by atoms with Crippen LogP contribution in [0.5, 0.6) is 0 Å². The van der Waals surface area contributed by atoms with Crippen LogP contribution in [0.15, 0.2) is 28.7 Å². The number of anilines is 1. The van der Waals surface area contributed by atoms with Gasteiger partial charge >= 0.3 is 0 Å². The van der Waals surface area contributed by atoms with Crippen LogP contribution in [-0.2, 0) is 12.8 Å². The lowest BCUT2D eigenvalue weighted by atomic mass is 9.85. The second kappa shape index (κ2) is 7.07. The molecule has 6 heteroatoms. The van der Waals surface area contributed by atoms with E-state index < -0.39 is 5.91 Å². The zero-order valence-electron chi connectivity index (χ0n) is 13.4. The highest BCUT2D eigenvalue weighted by atomic mass is 79.9. The monoisotopic (exact) mass is 406 g/mol. The number of rotatable bonds is 4. The molecule has 1 aliphatic carbocycles. The number of nitrogens with one attached hydrogen (secondary N) is 1. The number of fused-ring (bicyclic) bond motifs is 1. The van der Waals surface area contributed by atoms with Crippen molar-refractivity contribution in [1.82, 2.24) is 0 Å². The molecule has 1 aromatic heterocycles. The molecule has 0 spiro atoms. The number of thiophene rings is 1. The molecule has 3 rings (SSSR count). The molecule has 126 valence electrons. The number of halogens is 1. The first kappa shape index (κ1) is 17.2. The standard InChI is InChI=1S/C18H19BrN2O2S/c1-2-10-6-7-13-14(8-10)24-18(15(13)16(20)22)21-17(23)11-4-3-5-12(19)9-11/h3-5,9-10H,2,6-8H2,1H3,(H2,20,22)(H,21,23)/t10-/m0/s1. The van der Waals surface area contributed by atoms with Crippen molar-refractivity contribution in [2.24, 2.45) is 11.7 Å². The van der Waals surface area contributed by atoms with E-state index in [1.54, 1.807) is 18.2 Å². The summed E-state index contributed by atoms with van der Waals surface area (Å²) >= 11 is 4.86. The van der Waals surface area contributed by atoms with E-state index >= 15 is 0 Å². The van der Waals surface area contributed by atoms with Gasteiger partial charge in [0.15, 0.2) is 0 Å². The van der Waals surface area contributed by atoms with Crippen molar-refractivity contribution >= 4 is 44.1 Å². The molecule has 0 aliphatic heterocycles. The molecule has 1 aromatic carbocycles. The Hall–Kier alpha value is -1.66. The number of nitrogens with two attached hydrogens (primary N) is 1. The lowest BCUT2D eigenvalue weighted by molar-refractivity contribution is 0.1000. The Balaban J connectivity index is 1.92. The number of hydrogen-bond donors (Lipinski definition) is 2. The van der Waals surface area contributed by atoms with Crippen LogP contribution in [0.3, 0.4) is 0 Å². The van der Waals surface area contributed by atoms with Crippen LogP contribution in [-0.4, -0.2) is 11.8 Å². The third-order valence-corrected chi connectivity index (χ3v) is 6.17. The van der Waals surface area contributed by atoms with Crippen LogP contribution >= 0.6 is 27.3 Å². The predicted octanol–water partition coefficient (Wildman–Crippen LogP) is 4.38. The molecule has 0 bridgehead atoms. The maximum atomic E-state index is 12.5. The average molecular weight is 407 g/mol. The van der Waals surface area contributed by atoms with E-state index in [-0.39, 0.29) is 5.91 Å². The van der Waals surface area contributed by atoms with Crippen LogP contribution in [0, 0.1) is 5.92 Å². The number of carbonyl (C=O) groups excluding carboxylic acids is 2. The first-order valence-corrected chi connectivity index (χ1v) is 9.61. The highest BCUT2D eigenvalue weighted by Gasteiger charge is 2.28. The quantitative estimate of drug-likeness (QED) is 0.790. The molecule has 0 fully saturated rings. The van der Waals surface area contributed by atoms with E-state index in [4.69, 9.17) is 5.73 Å². The van der Waals surface area contributed by atoms with Crippen molar-refractivity contribution < 1.29 is 9.59 Å². The van der Waals surface area contributed by atoms with Gasteiger partial charge in [-0.15, -0.1) is 11.3 Å². The number of hydrogen-bond acceptors (Lipinski definition) is 3. The maximum Gasteiger partial charge on any atom is 0.256 e. The molecule has 2 aromatic rings. The highest BCUT2D eigenvalue weighted by Crippen LogP contribution is 2.40. The fourth-order valence-corrected chi connectivity index (χ4v) is 4.92. The summed E-state index contributed by atoms with van der Waals surface area (Å²) in [4.78, 5) is 25.6. The van der Waals surface area contributed by atoms with Gasteiger partial charge in [-0.3, -0.25) is 9.59 Å². The van der Waals surface area contributed by atoms with E-state index in [9.17, 15) is 9.59 Å². The van der Waals surface area contributed by atoms with E-state index in [1.165, 1.54) is 16.2 Å². The largest absolute Gasteiger partial charge is 0.365 e. The van der Waals surface area contributed by atoms with Gasteiger partial charge in [-0.25, -0.2) is 0 Å². The van der Waals surface area contributed by atoms with Gasteiger partial charge in [0, 0.05) is 14.9 Å². The predicted molar refractivity (Wildman–Crippen MR) is 101 cm³/mol. The molecular weight excluding hydrogens is 388 g/mol. The summed E-state index contributed by atoms with van der Waals surface area (Å²) in [5.41, 5.74) is 7.66. The second-order valence-corrected chi connectivity index (χ2v) is 8.07. The smallest absolute Gasteiger partial charge is 0.256 e. The Morgan fingerprint density at radius 1 is 1.42 bits per heavy atom. The number of amides is 2. The zero-order valence-corrected chi connectivity index (χ0v) is 15.8. The van der Waals surface area contributed by atoms with Crippen molar-refractivity contribution in [3.05, 3.63) is 50.3 Å². The Bertz CT molecular complexity index is 800. The van der Waals surface area contributed by atoms with Crippen molar-refractivity contribution in [2.75, 3.05) is 5.32 Å². The zero-order chi connectivity index (χ0) is 17.3. The minimum Gasteiger partial charge on any atom is -0.365 e. The van der Waals surface area contributed by atoms with Gasteiger partial charge in [-0.05, 0) is 48.9 Å². The van der Waals surface area contributed by atoms with Crippen LogP contribution in [0.25, 0.3) is 0 Å². The fraction of sp³-hybridized carbons (Fsp3) is 0.333. The SMILES string of the molecule is CC[C@H]1CCc2c(sc(NC(=O)c3cccc(Br)c3)c2C(N)=O)C1. The molecule has 24 heavy (non-hydrogen) atoms. The van der Waals surface area contributed by atoms with Crippen molar-refractivity contribution in [3.63, 3.8) is 0 Å². The van der Waals surface area contributed by atoms with E-state index in [1.807, 2.05) is 6.07 Å². The molecule has 1 heterocycles. The molecule has 0 saturated carbocycles. The second-order valence-electron chi connectivity index (χ2n) is 6.05. The molecule has 0 unspecified atom stereocenters. The van der Waals surface area contributed by atoms with Crippen molar-refractivity contribution in [3.8, 4) is 0 Å². The van der Waals surface area contributed by atoms with Crippen molar-refractivity contribution in [1.29, 1.82) is 0 Å². The van der Waals surface area contributed by atoms with Crippen LogP contribution in [0.1, 0.15) is 50.9 Å². The summed E-state index contributed by atoms with van der Waals surface area (Å²) in [7, 11) is 0. The molecule has 3 N–H and O–H groups in total. The van der Waals surface area contributed by atoms with Gasteiger partial charge in [-0.1, -0.05) is 35.3 Å². The van der Waals surface area contributed by atoms with Gasteiger partial charge < -0.3 is 11.1 Å². The molecule has 1 aliphatic rings. The van der Waals surface area contributed by atoms with E-state index in [0.29, 0.717) is 22.0 Å². The Labute approximate surface area is 153 Å². The van der Waals surface area contributed by atoms with Crippen molar-refractivity contribution in [2.45, 2.75) is 32.6 Å². The molecule has 0 radical (unpaired) electrons. The number of primary amides is 1. The minimum atomic E-state index is -0.466. The topological polar surface area (TPSA) is 72.2 Å². The third-order valence-electron chi connectivity index (χ3n) is 4.50. The lowest BCUT2D eigenvalue weighted by Crippen LogP contribution is -2.19. The molecule has 2 amide bonds. The van der Waals surface area contributed by atoms with Crippen LogP contribution in [0.4, 0.5) is 5.00 Å². The molecule has 0 saturated heterocycles. The summed E-state index contributed by atoms with van der Waals surface area (Å²) in [5, 5.41) is 3.46. The van der Waals surface area contributed by atoms with Gasteiger partial charge in [0.25, 0.3) is 11.8 Å². The average Bonchev–Trinajstić information content (AvgIpc) is 2.91.